The Kier molecular flexibility index (Phi) is 2.00. The van der Waals surface area contributed by atoms with E-state index in [2.05, 4.69) is 41.5 Å². The highest BCUT2D eigenvalue weighted by molar-refractivity contribution is 5.44. The van der Waals surface area contributed by atoms with Gasteiger partial charge in [-0.2, -0.15) is 0 Å². The molecule has 0 spiro atoms. The van der Waals surface area contributed by atoms with Crippen LogP contribution in [0, 0.1) is 0 Å². The molecule has 0 radical (unpaired) electrons. The summed E-state index contributed by atoms with van der Waals surface area (Å²) in [4.78, 5) is 2.31. The van der Waals surface area contributed by atoms with E-state index in [4.69, 9.17) is 0 Å². The molecule has 1 N–H and O–H groups in total. The molecule has 1 saturated heterocycles. The largest absolute Gasteiger partial charge is 0.380 e. The number of hydrogen-bond donors (Lipinski definition) is 1. The first-order valence-electron chi connectivity index (χ1n) is 4.35. The number of benzene rings is 1. The van der Waals surface area contributed by atoms with Crippen LogP contribution in [0.25, 0.3) is 0 Å². The topological polar surface area (TPSA) is 15.3 Å². The summed E-state index contributed by atoms with van der Waals surface area (Å²) in [6.45, 7) is 2.32. The van der Waals surface area contributed by atoms with Gasteiger partial charge in [0.05, 0.1) is 6.04 Å². The van der Waals surface area contributed by atoms with Gasteiger partial charge in [-0.3, -0.25) is 0 Å². The molecule has 0 aliphatic carbocycles. The van der Waals surface area contributed by atoms with Crippen LogP contribution >= 0.6 is 0 Å². The van der Waals surface area contributed by atoms with Crippen molar-refractivity contribution in [1.29, 1.82) is 0 Å². The Bertz CT molecular complexity index is 239. The van der Waals surface area contributed by atoms with E-state index < -0.39 is 0 Å². The average Bonchev–Trinajstić information content (AvgIpc) is 2.04. The van der Waals surface area contributed by atoms with Crippen LogP contribution in [0.5, 0.6) is 0 Å². The van der Waals surface area contributed by atoms with Gasteiger partial charge in [0.15, 0.2) is 0 Å². The lowest BCUT2D eigenvalue weighted by Gasteiger charge is -2.37. The fraction of sp³-hybridized carbons (Fsp3) is 0.400. The van der Waals surface area contributed by atoms with E-state index >= 15 is 0 Å². The third kappa shape index (κ3) is 1.59. The Balaban J connectivity index is 1.88. The van der Waals surface area contributed by atoms with Gasteiger partial charge in [0, 0.05) is 18.8 Å². The zero-order valence-electron chi connectivity index (χ0n) is 7.33. The molecule has 0 amide bonds. The van der Waals surface area contributed by atoms with Gasteiger partial charge >= 0.3 is 0 Å². The quantitative estimate of drug-likeness (QED) is 0.707. The Hall–Kier alpha value is -1.02. The van der Waals surface area contributed by atoms with Crippen LogP contribution in [-0.2, 0) is 0 Å². The minimum atomic E-state index is 0.650. The van der Waals surface area contributed by atoms with Gasteiger partial charge in [0.2, 0.25) is 0 Å². The van der Waals surface area contributed by atoms with E-state index in [1.165, 1.54) is 5.69 Å². The van der Waals surface area contributed by atoms with Crippen molar-refractivity contribution in [3.8, 4) is 0 Å². The fourth-order valence-corrected chi connectivity index (χ4v) is 1.56. The summed E-state index contributed by atoms with van der Waals surface area (Å²) < 4.78 is 0. The van der Waals surface area contributed by atoms with Crippen LogP contribution in [0.4, 0.5) is 5.69 Å². The van der Waals surface area contributed by atoms with Crippen molar-refractivity contribution in [2.45, 2.75) is 6.04 Å². The summed E-state index contributed by atoms with van der Waals surface area (Å²) in [5, 5.41) is 3.47. The first kappa shape index (κ1) is 7.62. The molecule has 0 saturated carbocycles. The highest BCUT2D eigenvalue weighted by Gasteiger charge is 2.22. The van der Waals surface area contributed by atoms with Crippen LogP contribution in [0.2, 0.25) is 0 Å². The number of rotatable bonds is 2. The maximum absolute atomic E-state index is 3.47. The summed E-state index contributed by atoms with van der Waals surface area (Å²) in [6, 6.07) is 11.0. The highest BCUT2D eigenvalue weighted by atomic mass is 15.2. The molecule has 1 aliphatic rings. The van der Waals surface area contributed by atoms with Gasteiger partial charge in [-0.1, -0.05) is 18.2 Å². The summed E-state index contributed by atoms with van der Waals surface area (Å²) in [7, 11) is 2.14. The predicted molar refractivity (Wildman–Crippen MR) is 51.3 cm³/mol. The smallest absolute Gasteiger partial charge is 0.0515 e. The van der Waals surface area contributed by atoms with Gasteiger partial charge in [0.25, 0.3) is 0 Å². The Morgan fingerprint density at radius 3 is 2.50 bits per heavy atom. The second kappa shape index (κ2) is 3.15. The lowest BCUT2D eigenvalue weighted by atomic mass is 10.1. The summed E-state index contributed by atoms with van der Waals surface area (Å²) >= 11 is 0. The maximum Gasteiger partial charge on any atom is 0.0515 e. The number of likely N-dealkylation sites (N-methyl/N-ethyl adjacent to an activating group) is 1. The minimum Gasteiger partial charge on any atom is -0.380 e. The van der Waals surface area contributed by atoms with Crippen LogP contribution in [0.15, 0.2) is 30.3 Å². The predicted octanol–water partition coefficient (Wildman–Crippen LogP) is 1.41. The molecule has 0 unspecified atom stereocenters. The molecule has 0 aromatic heterocycles. The number of likely N-dealkylation sites (tertiary alicyclic amines) is 1. The van der Waals surface area contributed by atoms with E-state index in [1.54, 1.807) is 0 Å². The third-order valence-electron chi connectivity index (χ3n) is 2.21. The van der Waals surface area contributed by atoms with Crippen LogP contribution < -0.4 is 5.32 Å². The molecule has 2 rings (SSSR count). The van der Waals surface area contributed by atoms with Crippen molar-refractivity contribution in [2.75, 3.05) is 25.5 Å². The molecule has 1 heterocycles. The van der Waals surface area contributed by atoms with E-state index in [-0.39, 0.29) is 0 Å². The third-order valence-corrected chi connectivity index (χ3v) is 2.21. The Labute approximate surface area is 73.2 Å². The van der Waals surface area contributed by atoms with Crippen LogP contribution in [0.1, 0.15) is 0 Å². The van der Waals surface area contributed by atoms with Crippen molar-refractivity contribution in [2.24, 2.45) is 0 Å². The number of nitrogens with zero attached hydrogens (tertiary/aromatic N) is 1. The average molecular weight is 162 g/mol. The van der Waals surface area contributed by atoms with Crippen molar-refractivity contribution < 1.29 is 0 Å². The summed E-state index contributed by atoms with van der Waals surface area (Å²) in [6.07, 6.45) is 0. The van der Waals surface area contributed by atoms with E-state index in [1.807, 2.05) is 6.07 Å². The van der Waals surface area contributed by atoms with Crippen molar-refractivity contribution in [3.63, 3.8) is 0 Å². The first-order valence-corrected chi connectivity index (χ1v) is 4.35. The SMILES string of the molecule is CN1CC(Nc2ccccc2)C1. The number of nitrogens with one attached hydrogen (secondary N) is 1. The van der Waals surface area contributed by atoms with Crippen molar-refractivity contribution in [3.05, 3.63) is 30.3 Å². The first-order chi connectivity index (χ1) is 5.84. The second-order valence-corrected chi connectivity index (χ2v) is 3.43. The van der Waals surface area contributed by atoms with Gasteiger partial charge < -0.3 is 10.2 Å². The van der Waals surface area contributed by atoms with Crippen molar-refractivity contribution >= 4 is 5.69 Å². The van der Waals surface area contributed by atoms with E-state index in [0.717, 1.165) is 13.1 Å². The van der Waals surface area contributed by atoms with E-state index in [0.29, 0.717) is 6.04 Å². The van der Waals surface area contributed by atoms with Gasteiger partial charge in [-0.05, 0) is 19.2 Å². The van der Waals surface area contributed by atoms with Crippen LogP contribution in [0.3, 0.4) is 0 Å². The fourth-order valence-electron chi connectivity index (χ4n) is 1.56. The maximum atomic E-state index is 3.47. The standard InChI is InChI=1S/C10H14N2/c1-12-7-10(8-12)11-9-5-3-2-4-6-9/h2-6,10-11H,7-8H2,1H3. The highest BCUT2D eigenvalue weighted by Crippen LogP contribution is 2.12. The molecule has 1 fully saturated rings. The van der Waals surface area contributed by atoms with Crippen LogP contribution in [-0.4, -0.2) is 31.1 Å². The molecular weight excluding hydrogens is 148 g/mol. The molecule has 0 bridgehead atoms. The Morgan fingerprint density at radius 2 is 1.92 bits per heavy atom. The number of hydrogen-bond acceptors (Lipinski definition) is 2. The molecule has 2 nitrogen and oxygen atoms in total. The normalized spacial score (nSPS) is 18.8. The molecule has 64 valence electrons. The molecule has 12 heavy (non-hydrogen) atoms. The van der Waals surface area contributed by atoms with Crippen molar-refractivity contribution in [1.82, 2.24) is 4.90 Å². The molecule has 1 aliphatic heterocycles. The lowest BCUT2D eigenvalue weighted by molar-refractivity contribution is 0.205. The van der Waals surface area contributed by atoms with Gasteiger partial charge in [-0.15, -0.1) is 0 Å². The number of anilines is 1. The molecular formula is C10H14N2. The molecule has 1 aromatic rings. The Morgan fingerprint density at radius 1 is 1.25 bits per heavy atom. The molecule has 2 heteroatoms. The zero-order valence-corrected chi connectivity index (χ0v) is 7.33. The monoisotopic (exact) mass is 162 g/mol. The number of para-hydroxylation sites is 1. The summed E-state index contributed by atoms with van der Waals surface area (Å²) in [5.74, 6) is 0. The van der Waals surface area contributed by atoms with E-state index in [9.17, 15) is 0 Å². The second-order valence-electron chi connectivity index (χ2n) is 3.43. The minimum absolute atomic E-state index is 0.650. The lowest BCUT2D eigenvalue weighted by Crippen LogP contribution is -2.52. The molecule has 0 atom stereocenters. The van der Waals surface area contributed by atoms with Gasteiger partial charge in [0.1, 0.15) is 0 Å². The molecule has 1 aromatic carbocycles. The van der Waals surface area contributed by atoms with Gasteiger partial charge in [-0.25, -0.2) is 0 Å². The summed E-state index contributed by atoms with van der Waals surface area (Å²) in [5.41, 5.74) is 1.23. The zero-order chi connectivity index (χ0) is 8.39.